The molecule has 0 aliphatic carbocycles. The van der Waals surface area contributed by atoms with E-state index in [1.165, 1.54) is 19.5 Å². The summed E-state index contributed by atoms with van der Waals surface area (Å²) in [6.45, 7) is 0. The number of nitrogens with zero attached hydrogens (tertiary/aromatic N) is 2. The van der Waals surface area contributed by atoms with E-state index in [1.807, 2.05) is 0 Å². The van der Waals surface area contributed by atoms with E-state index in [2.05, 4.69) is 20.0 Å². The van der Waals surface area contributed by atoms with Crippen LogP contribution in [-0.2, 0) is 10.0 Å². The Morgan fingerprint density at radius 2 is 1.90 bits per heavy atom. The van der Waals surface area contributed by atoms with Gasteiger partial charge in [-0.15, -0.1) is 0 Å². The summed E-state index contributed by atoms with van der Waals surface area (Å²) in [5.74, 6) is 0.914. The minimum Gasteiger partial charge on any atom is -0.497 e. The van der Waals surface area contributed by atoms with Crippen LogP contribution in [0.2, 0.25) is 0 Å². The molecule has 1 aromatic heterocycles. The van der Waals surface area contributed by atoms with Crippen LogP contribution >= 0.6 is 0 Å². The molecule has 0 unspecified atom stereocenters. The number of ether oxygens (including phenoxy) is 1. The van der Waals surface area contributed by atoms with Crippen molar-refractivity contribution >= 4 is 21.7 Å². The summed E-state index contributed by atoms with van der Waals surface area (Å²) in [6.07, 6.45) is 2.47. The van der Waals surface area contributed by atoms with Crippen molar-refractivity contribution in [2.24, 2.45) is 0 Å². The summed E-state index contributed by atoms with van der Waals surface area (Å²) in [5, 5.41) is 2.72. The number of benzene rings is 1. The van der Waals surface area contributed by atoms with Crippen LogP contribution in [0.15, 0.2) is 41.6 Å². The van der Waals surface area contributed by atoms with Crippen molar-refractivity contribution in [1.82, 2.24) is 9.97 Å². The lowest BCUT2D eigenvalue weighted by Gasteiger charge is -2.09. The topological polar surface area (TPSA) is 93.2 Å². The monoisotopic (exact) mass is 294 g/mol. The van der Waals surface area contributed by atoms with Crippen LogP contribution in [0.1, 0.15) is 0 Å². The van der Waals surface area contributed by atoms with Crippen molar-refractivity contribution in [3.05, 3.63) is 36.7 Å². The molecule has 106 valence electrons. The second-order valence-corrected chi connectivity index (χ2v) is 5.51. The molecule has 0 amide bonds. The summed E-state index contributed by atoms with van der Waals surface area (Å²) in [5.41, 5.74) is 0.405. The van der Waals surface area contributed by atoms with Gasteiger partial charge in [-0.1, -0.05) is 6.07 Å². The zero-order chi connectivity index (χ0) is 14.6. The lowest BCUT2D eigenvalue weighted by molar-refractivity contribution is 0.415. The molecular weight excluding hydrogens is 280 g/mol. The second-order valence-electron chi connectivity index (χ2n) is 3.83. The number of methoxy groups -OCH3 is 1. The molecule has 0 fully saturated rings. The molecule has 0 aliphatic heterocycles. The van der Waals surface area contributed by atoms with E-state index in [0.717, 1.165) is 0 Å². The Kier molecular flexibility index (Phi) is 4.04. The van der Waals surface area contributed by atoms with Gasteiger partial charge in [-0.05, 0) is 12.1 Å². The molecular formula is C12H14N4O3S. The number of anilines is 2. The van der Waals surface area contributed by atoms with Gasteiger partial charge in [0.05, 0.1) is 25.2 Å². The Bertz CT molecular complexity index is 686. The molecule has 7 nitrogen and oxygen atoms in total. The normalized spacial score (nSPS) is 10.9. The van der Waals surface area contributed by atoms with Crippen LogP contribution < -0.4 is 14.8 Å². The zero-order valence-corrected chi connectivity index (χ0v) is 11.8. The first-order valence-electron chi connectivity index (χ1n) is 5.72. The van der Waals surface area contributed by atoms with Crippen LogP contribution in [0.3, 0.4) is 0 Å². The number of aromatic nitrogens is 2. The summed E-state index contributed by atoms with van der Waals surface area (Å²) < 4.78 is 31.8. The van der Waals surface area contributed by atoms with Gasteiger partial charge in [-0.2, -0.15) is 0 Å². The average Bonchev–Trinajstić information content (AvgIpc) is 2.47. The van der Waals surface area contributed by atoms with Crippen LogP contribution in [-0.4, -0.2) is 32.5 Å². The zero-order valence-electron chi connectivity index (χ0n) is 11.0. The van der Waals surface area contributed by atoms with Gasteiger partial charge >= 0.3 is 0 Å². The van der Waals surface area contributed by atoms with E-state index in [4.69, 9.17) is 4.74 Å². The van der Waals surface area contributed by atoms with E-state index in [1.54, 1.807) is 31.3 Å². The van der Waals surface area contributed by atoms with E-state index in [-0.39, 0.29) is 4.90 Å². The van der Waals surface area contributed by atoms with Crippen LogP contribution in [0.4, 0.5) is 11.6 Å². The predicted octanol–water partition coefficient (Wildman–Crippen LogP) is 1.33. The highest BCUT2D eigenvalue weighted by Gasteiger charge is 2.15. The quantitative estimate of drug-likeness (QED) is 0.864. The Balaban J connectivity index is 2.25. The summed E-state index contributed by atoms with van der Waals surface area (Å²) in [7, 11) is -0.559. The first kappa shape index (κ1) is 14.1. The fourth-order valence-electron chi connectivity index (χ4n) is 1.48. The molecule has 0 saturated carbocycles. The fraction of sp³-hybridized carbons (Fsp3) is 0.167. The average molecular weight is 294 g/mol. The van der Waals surface area contributed by atoms with Crippen molar-refractivity contribution in [2.75, 3.05) is 24.2 Å². The molecule has 0 saturated heterocycles. The Morgan fingerprint density at radius 1 is 1.20 bits per heavy atom. The SMILES string of the molecule is CNc1ncc(S(=O)(=O)Nc2cccc(OC)c2)cn1. The maximum absolute atomic E-state index is 12.1. The van der Waals surface area contributed by atoms with Gasteiger partial charge < -0.3 is 10.1 Å². The van der Waals surface area contributed by atoms with Gasteiger partial charge in [-0.3, -0.25) is 4.72 Å². The maximum atomic E-state index is 12.1. The van der Waals surface area contributed by atoms with Gasteiger partial charge in [0.1, 0.15) is 10.6 Å². The second kappa shape index (κ2) is 5.74. The Morgan fingerprint density at radius 3 is 2.50 bits per heavy atom. The highest BCUT2D eigenvalue weighted by atomic mass is 32.2. The minimum absolute atomic E-state index is 0.0145. The molecule has 0 spiro atoms. The third-order valence-electron chi connectivity index (χ3n) is 2.48. The standard InChI is InChI=1S/C12H14N4O3S/c1-13-12-14-7-11(8-15-12)20(17,18)16-9-4-3-5-10(6-9)19-2/h3-8,16H,1-2H3,(H,13,14,15). The summed E-state index contributed by atoms with van der Waals surface area (Å²) in [6, 6.07) is 6.63. The summed E-state index contributed by atoms with van der Waals surface area (Å²) >= 11 is 0. The molecule has 2 aromatic rings. The first-order valence-corrected chi connectivity index (χ1v) is 7.20. The number of nitrogens with one attached hydrogen (secondary N) is 2. The van der Waals surface area contributed by atoms with Gasteiger partial charge in [-0.25, -0.2) is 18.4 Å². The van der Waals surface area contributed by atoms with E-state index >= 15 is 0 Å². The number of hydrogen-bond acceptors (Lipinski definition) is 6. The van der Waals surface area contributed by atoms with Crippen molar-refractivity contribution in [2.45, 2.75) is 4.90 Å². The predicted molar refractivity (Wildman–Crippen MR) is 75.4 cm³/mol. The third kappa shape index (κ3) is 3.15. The largest absolute Gasteiger partial charge is 0.497 e. The summed E-state index contributed by atoms with van der Waals surface area (Å²) in [4.78, 5) is 7.73. The Hall–Kier alpha value is -2.35. The van der Waals surface area contributed by atoms with Crippen molar-refractivity contribution in [3.63, 3.8) is 0 Å². The van der Waals surface area contributed by atoms with Crippen molar-refractivity contribution in [1.29, 1.82) is 0 Å². The van der Waals surface area contributed by atoms with E-state index in [9.17, 15) is 8.42 Å². The molecule has 0 bridgehead atoms. The molecule has 1 aromatic carbocycles. The van der Waals surface area contributed by atoms with Crippen molar-refractivity contribution < 1.29 is 13.2 Å². The number of sulfonamides is 1. The van der Waals surface area contributed by atoms with Gasteiger partial charge in [0.25, 0.3) is 10.0 Å². The van der Waals surface area contributed by atoms with Crippen molar-refractivity contribution in [3.8, 4) is 5.75 Å². The molecule has 1 heterocycles. The maximum Gasteiger partial charge on any atom is 0.264 e. The Labute approximate surface area is 117 Å². The fourth-order valence-corrected chi connectivity index (χ4v) is 2.42. The van der Waals surface area contributed by atoms with Crippen LogP contribution in [0.25, 0.3) is 0 Å². The molecule has 8 heteroatoms. The van der Waals surface area contributed by atoms with Crippen LogP contribution in [0.5, 0.6) is 5.75 Å². The molecule has 2 rings (SSSR count). The number of hydrogen-bond donors (Lipinski definition) is 2. The lowest BCUT2D eigenvalue weighted by Crippen LogP contribution is -2.14. The highest BCUT2D eigenvalue weighted by Crippen LogP contribution is 2.20. The van der Waals surface area contributed by atoms with Gasteiger partial charge in [0.2, 0.25) is 5.95 Å². The molecule has 0 radical (unpaired) electrons. The molecule has 0 atom stereocenters. The number of rotatable bonds is 5. The van der Waals surface area contributed by atoms with Crippen LogP contribution in [0, 0.1) is 0 Å². The smallest absolute Gasteiger partial charge is 0.264 e. The highest BCUT2D eigenvalue weighted by molar-refractivity contribution is 7.92. The first-order chi connectivity index (χ1) is 9.55. The minimum atomic E-state index is -3.72. The van der Waals surface area contributed by atoms with E-state index < -0.39 is 10.0 Å². The third-order valence-corrected chi connectivity index (χ3v) is 3.82. The molecule has 2 N–H and O–H groups in total. The lowest BCUT2D eigenvalue weighted by atomic mass is 10.3. The molecule has 0 aliphatic rings. The van der Waals surface area contributed by atoms with E-state index in [0.29, 0.717) is 17.4 Å². The van der Waals surface area contributed by atoms with Gasteiger partial charge in [0.15, 0.2) is 0 Å². The molecule has 20 heavy (non-hydrogen) atoms. The van der Waals surface area contributed by atoms with Gasteiger partial charge in [0, 0.05) is 13.1 Å².